The van der Waals surface area contributed by atoms with Crippen LogP contribution in [0.15, 0.2) is 36.4 Å². The second-order valence-electron chi connectivity index (χ2n) is 4.69. The standard InChI is InChI=1S/C14H12OS/c15-16-12-8-7-10-6-5-9-3-1-2-4-11(9)13(10)14(12)16/h1-6,12,14H,7-8H2. The quantitative estimate of drug-likeness (QED) is 0.634. The second-order valence-corrected chi connectivity index (χ2v) is 6.46. The van der Waals surface area contributed by atoms with Crippen LogP contribution in [0.3, 0.4) is 0 Å². The lowest BCUT2D eigenvalue weighted by atomic mass is 9.88. The van der Waals surface area contributed by atoms with E-state index in [4.69, 9.17) is 0 Å². The van der Waals surface area contributed by atoms with Crippen molar-refractivity contribution in [3.8, 4) is 0 Å². The van der Waals surface area contributed by atoms with Gasteiger partial charge in [0.25, 0.3) is 0 Å². The summed E-state index contributed by atoms with van der Waals surface area (Å²) in [5.41, 5.74) is 2.80. The van der Waals surface area contributed by atoms with Crippen molar-refractivity contribution in [1.82, 2.24) is 0 Å². The first-order valence-corrected chi connectivity index (χ1v) is 7.04. The molecule has 0 spiro atoms. The number of hydrogen-bond donors (Lipinski definition) is 0. The maximum atomic E-state index is 11.8. The van der Waals surface area contributed by atoms with E-state index in [0.29, 0.717) is 10.5 Å². The summed E-state index contributed by atoms with van der Waals surface area (Å²) >= 11 is 0. The molecule has 1 nitrogen and oxygen atoms in total. The van der Waals surface area contributed by atoms with E-state index in [1.807, 2.05) is 0 Å². The Morgan fingerprint density at radius 2 is 2.00 bits per heavy atom. The molecule has 0 N–H and O–H groups in total. The molecule has 1 aliphatic heterocycles. The van der Waals surface area contributed by atoms with E-state index < -0.39 is 10.8 Å². The number of hydrogen-bond acceptors (Lipinski definition) is 1. The average Bonchev–Trinajstić information content (AvgIpc) is 3.00. The van der Waals surface area contributed by atoms with Crippen LogP contribution < -0.4 is 0 Å². The lowest BCUT2D eigenvalue weighted by molar-refractivity contribution is 0.691. The number of fused-ring (bicyclic) bond motifs is 5. The molecule has 2 aromatic rings. The molecule has 1 heterocycles. The van der Waals surface area contributed by atoms with Crippen LogP contribution in [-0.2, 0) is 17.2 Å². The number of benzene rings is 2. The van der Waals surface area contributed by atoms with Gasteiger partial charge in [0.15, 0.2) is 0 Å². The Kier molecular flexibility index (Phi) is 1.65. The van der Waals surface area contributed by atoms with E-state index in [-0.39, 0.29) is 0 Å². The topological polar surface area (TPSA) is 17.1 Å². The van der Waals surface area contributed by atoms with Crippen molar-refractivity contribution in [2.24, 2.45) is 0 Å². The first-order valence-electron chi connectivity index (χ1n) is 5.76. The fourth-order valence-corrected chi connectivity index (χ4v) is 4.73. The fraction of sp³-hybridized carbons (Fsp3) is 0.286. The third kappa shape index (κ3) is 1.03. The Bertz CT molecular complexity index is 617. The summed E-state index contributed by atoms with van der Waals surface area (Å²) in [7, 11) is -0.592. The van der Waals surface area contributed by atoms with Crippen molar-refractivity contribution in [2.75, 3.05) is 0 Å². The summed E-state index contributed by atoms with van der Waals surface area (Å²) in [6.07, 6.45) is 2.22. The lowest BCUT2D eigenvalue weighted by Gasteiger charge is -2.15. The SMILES string of the molecule is O=S1C2CCc3ccc4ccccc4c3C21. The Morgan fingerprint density at radius 3 is 2.94 bits per heavy atom. The normalized spacial score (nSPS) is 30.9. The maximum Gasteiger partial charge on any atom is 0.0752 e. The van der Waals surface area contributed by atoms with Crippen molar-refractivity contribution in [2.45, 2.75) is 23.3 Å². The van der Waals surface area contributed by atoms with Gasteiger partial charge in [-0.25, -0.2) is 0 Å². The molecule has 0 amide bonds. The van der Waals surface area contributed by atoms with Gasteiger partial charge >= 0.3 is 0 Å². The van der Waals surface area contributed by atoms with Gasteiger partial charge in [0.1, 0.15) is 0 Å². The van der Waals surface area contributed by atoms with E-state index in [0.717, 1.165) is 12.8 Å². The van der Waals surface area contributed by atoms with Crippen molar-refractivity contribution < 1.29 is 4.21 Å². The summed E-state index contributed by atoms with van der Waals surface area (Å²) < 4.78 is 11.8. The third-order valence-electron chi connectivity index (χ3n) is 3.85. The highest BCUT2D eigenvalue weighted by Crippen LogP contribution is 2.52. The van der Waals surface area contributed by atoms with Gasteiger partial charge in [-0.05, 0) is 34.7 Å². The van der Waals surface area contributed by atoms with Gasteiger partial charge < -0.3 is 0 Å². The largest absolute Gasteiger partial charge is 0.259 e. The zero-order chi connectivity index (χ0) is 10.7. The van der Waals surface area contributed by atoms with E-state index >= 15 is 0 Å². The lowest BCUT2D eigenvalue weighted by Crippen LogP contribution is -2.04. The highest BCUT2D eigenvalue weighted by atomic mass is 32.2. The van der Waals surface area contributed by atoms with Crippen LogP contribution in [0.5, 0.6) is 0 Å². The van der Waals surface area contributed by atoms with Crippen LogP contribution >= 0.6 is 0 Å². The molecule has 1 aliphatic carbocycles. The van der Waals surface area contributed by atoms with Crippen LogP contribution in [0, 0.1) is 0 Å². The van der Waals surface area contributed by atoms with Crippen molar-refractivity contribution in [1.29, 1.82) is 0 Å². The van der Waals surface area contributed by atoms with E-state index in [9.17, 15) is 4.21 Å². The molecule has 1 saturated heterocycles. The second kappa shape index (κ2) is 2.95. The summed E-state index contributed by atoms with van der Waals surface area (Å²) in [4.78, 5) is 0. The molecular formula is C14H12OS. The highest BCUT2D eigenvalue weighted by molar-refractivity contribution is 7.93. The third-order valence-corrected chi connectivity index (χ3v) is 5.71. The molecule has 0 saturated carbocycles. The minimum absolute atomic E-state index is 0.342. The molecule has 0 bridgehead atoms. The van der Waals surface area contributed by atoms with E-state index in [2.05, 4.69) is 36.4 Å². The predicted octanol–water partition coefficient (Wildman–Crippen LogP) is 2.96. The minimum Gasteiger partial charge on any atom is -0.259 e. The Hall–Kier alpha value is -1.15. The average molecular weight is 228 g/mol. The van der Waals surface area contributed by atoms with Gasteiger partial charge in [0.05, 0.1) is 10.5 Å². The molecule has 2 heteroatoms. The van der Waals surface area contributed by atoms with Gasteiger partial charge in [-0.15, -0.1) is 0 Å². The monoisotopic (exact) mass is 228 g/mol. The summed E-state index contributed by atoms with van der Waals surface area (Å²) in [6.45, 7) is 0. The Morgan fingerprint density at radius 1 is 1.12 bits per heavy atom. The van der Waals surface area contributed by atoms with E-state index in [1.54, 1.807) is 0 Å². The Labute approximate surface area is 96.9 Å². The summed E-state index contributed by atoms with van der Waals surface area (Å²) in [5, 5.41) is 3.40. The molecule has 2 aliphatic rings. The Balaban J connectivity index is 2.09. The molecule has 4 rings (SSSR count). The van der Waals surface area contributed by atoms with Gasteiger partial charge in [0.2, 0.25) is 0 Å². The molecule has 16 heavy (non-hydrogen) atoms. The van der Waals surface area contributed by atoms with Gasteiger partial charge in [0, 0.05) is 10.8 Å². The molecule has 3 unspecified atom stereocenters. The number of aryl methyl sites for hydroxylation is 1. The van der Waals surface area contributed by atoms with Crippen molar-refractivity contribution in [3.05, 3.63) is 47.5 Å². The van der Waals surface area contributed by atoms with Crippen LogP contribution in [-0.4, -0.2) is 9.46 Å². The van der Waals surface area contributed by atoms with Crippen molar-refractivity contribution >= 4 is 21.6 Å². The van der Waals surface area contributed by atoms with E-state index in [1.165, 1.54) is 21.9 Å². The highest BCUT2D eigenvalue weighted by Gasteiger charge is 2.51. The molecule has 2 aromatic carbocycles. The van der Waals surface area contributed by atoms with Gasteiger partial charge in [-0.3, -0.25) is 4.21 Å². The van der Waals surface area contributed by atoms with Crippen LogP contribution in [0.2, 0.25) is 0 Å². The fourth-order valence-electron chi connectivity index (χ4n) is 2.99. The van der Waals surface area contributed by atoms with Gasteiger partial charge in [-0.2, -0.15) is 0 Å². The zero-order valence-electron chi connectivity index (χ0n) is 8.85. The predicted molar refractivity (Wildman–Crippen MR) is 66.9 cm³/mol. The molecule has 3 atom stereocenters. The zero-order valence-corrected chi connectivity index (χ0v) is 9.67. The molecule has 80 valence electrons. The van der Waals surface area contributed by atoms with Gasteiger partial charge in [-0.1, -0.05) is 36.4 Å². The summed E-state index contributed by atoms with van der Waals surface area (Å²) in [6, 6.07) is 12.9. The minimum atomic E-state index is -0.592. The molecule has 0 radical (unpaired) electrons. The van der Waals surface area contributed by atoms with Crippen LogP contribution in [0.25, 0.3) is 10.8 Å². The first kappa shape index (κ1) is 8.94. The van der Waals surface area contributed by atoms with Crippen LogP contribution in [0.1, 0.15) is 22.8 Å². The smallest absolute Gasteiger partial charge is 0.0752 e. The molecular weight excluding hydrogens is 216 g/mol. The summed E-state index contributed by atoms with van der Waals surface area (Å²) in [5.74, 6) is 0. The molecule has 0 aromatic heterocycles. The van der Waals surface area contributed by atoms with Crippen LogP contribution in [0.4, 0.5) is 0 Å². The number of rotatable bonds is 0. The molecule has 1 fully saturated rings. The maximum absolute atomic E-state index is 11.8. The van der Waals surface area contributed by atoms with Crippen molar-refractivity contribution in [3.63, 3.8) is 0 Å². The first-order chi connectivity index (χ1) is 7.86.